The molecule has 0 saturated heterocycles. The maximum atomic E-state index is 11.2. The smallest absolute Gasteiger partial charge is 0.322 e. The van der Waals surface area contributed by atoms with E-state index in [1.807, 2.05) is 6.07 Å². The van der Waals surface area contributed by atoms with Crippen LogP contribution < -0.4 is 10.5 Å². The van der Waals surface area contributed by atoms with Gasteiger partial charge in [-0.25, -0.2) is 0 Å². The van der Waals surface area contributed by atoms with Crippen LogP contribution in [0.25, 0.3) is 0 Å². The van der Waals surface area contributed by atoms with Crippen molar-refractivity contribution in [2.45, 2.75) is 38.6 Å². The molecular formula is C15H23NO3. The summed E-state index contributed by atoms with van der Waals surface area (Å²) in [5.74, 6) is 0.540. The van der Waals surface area contributed by atoms with E-state index in [1.54, 1.807) is 7.11 Å². The number of esters is 1. The summed E-state index contributed by atoms with van der Waals surface area (Å²) in [6.45, 7) is 2.12. The number of carbonyl (C=O) groups is 1. The van der Waals surface area contributed by atoms with E-state index in [1.165, 1.54) is 18.2 Å². The lowest BCUT2D eigenvalue weighted by atomic mass is 10.0. The fourth-order valence-electron chi connectivity index (χ4n) is 2.03. The topological polar surface area (TPSA) is 61.5 Å². The van der Waals surface area contributed by atoms with E-state index >= 15 is 0 Å². The van der Waals surface area contributed by atoms with Crippen LogP contribution in [-0.4, -0.2) is 26.2 Å². The minimum Gasteiger partial charge on any atom is -0.496 e. The quantitative estimate of drug-likeness (QED) is 0.767. The molecule has 4 nitrogen and oxygen atoms in total. The van der Waals surface area contributed by atoms with Gasteiger partial charge in [0.05, 0.1) is 14.2 Å². The van der Waals surface area contributed by atoms with E-state index in [9.17, 15) is 4.79 Å². The number of benzene rings is 1. The van der Waals surface area contributed by atoms with Crippen molar-refractivity contribution in [3.8, 4) is 5.75 Å². The summed E-state index contributed by atoms with van der Waals surface area (Å²) in [5, 5.41) is 0. The number of hydrogen-bond donors (Lipinski definition) is 1. The Morgan fingerprint density at radius 3 is 2.68 bits per heavy atom. The van der Waals surface area contributed by atoms with Crippen molar-refractivity contribution in [2.75, 3.05) is 14.2 Å². The highest BCUT2D eigenvalue weighted by Crippen LogP contribution is 2.22. The summed E-state index contributed by atoms with van der Waals surface area (Å²) in [5.41, 5.74) is 8.16. The highest BCUT2D eigenvalue weighted by molar-refractivity contribution is 5.75. The third-order valence-electron chi connectivity index (χ3n) is 3.22. The largest absolute Gasteiger partial charge is 0.496 e. The van der Waals surface area contributed by atoms with Gasteiger partial charge in [-0.3, -0.25) is 4.79 Å². The van der Waals surface area contributed by atoms with Gasteiger partial charge in [-0.2, -0.15) is 0 Å². The number of methoxy groups -OCH3 is 2. The van der Waals surface area contributed by atoms with Crippen molar-refractivity contribution in [1.29, 1.82) is 0 Å². The first-order valence-electron chi connectivity index (χ1n) is 6.61. The van der Waals surface area contributed by atoms with Gasteiger partial charge in [0.15, 0.2) is 0 Å². The molecule has 1 atom stereocenters. The van der Waals surface area contributed by atoms with Crippen LogP contribution in [0, 0.1) is 0 Å². The molecule has 0 radical (unpaired) electrons. The monoisotopic (exact) mass is 265 g/mol. The normalized spacial score (nSPS) is 12.0. The summed E-state index contributed by atoms with van der Waals surface area (Å²) in [6.07, 6.45) is 3.30. The molecule has 1 unspecified atom stereocenters. The zero-order valence-electron chi connectivity index (χ0n) is 11.9. The second-order valence-corrected chi connectivity index (χ2v) is 4.52. The molecule has 2 N–H and O–H groups in total. The van der Waals surface area contributed by atoms with Crippen LogP contribution in [0.4, 0.5) is 0 Å². The van der Waals surface area contributed by atoms with Crippen LogP contribution in [0.15, 0.2) is 18.2 Å². The van der Waals surface area contributed by atoms with Gasteiger partial charge in [-0.1, -0.05) is 19.1 Å². The van der Waals surface area contributed by atoms with Crippen molar-refractivity contribution in [1.82, 2.24) is 0 Å². The van der Waals surface area contributed by atoms with Gasteiger partial charge in [0.2, 0.25) is 0 Å². The summed E-state index contributed by atoms with van der Waals surface area (Å²) >= 11 is 0. The van der Waals surface area contributed by atoms with E-state index < -0.39 is 6.04 Å². The first-order valence-corrected chi connectivity index (χ1v) is 6.61. The molecule has 1 rings (SSSR count). The Hall–Kier alpha value is -1.55. The average molecular weight is 265 g/mol. The molecule has 0 aliphatic heterocycles. The molecule has 0 heterocycles. The zero-order chi connectivity index (χ0) is 14.3. The molecule has 0 aromatic heterocycles. The lowest BCUT2D eigenvalue weighted by molar-refractivity contribution is -0.142. The number of ether oxygens (including phenoxy) is 2. The van der Waals surface area contributed by atoms with Crippen LogP contribution in [-0.2, 0) is 22.4 Å². The fraction of sp³-hybridized carbons (Fsp3) is 0.533. The summed E-state index contributed by atoms with van der Waals surface area (Å²) in [6, 6.07) is 5.68. The van der Waals surface area contributed by atoms with E-state index in [0.29, 0.717) is 6.42 Å². The Morgan fingerprint density at radius 2 is 2.11 bits per heavy atom. The molecule has 0 spiro atoms. The Labute approximate surface area is 114 Å². The number of nitrogens with two attached hydrogens (primary N) is 1. The summed E-state index contributed by atoms with van der Waals surface area (Å²) < 4.78 is 9.96. The predicted octanol–water partition coefficient (Wildman–Crippen LogP) is 2.08. The highest BCUT2D eigenvalue weighted by atomic mass is 16.5. The average Bonchev–Trinajstić information content (AvgIpc) is 2.45. The molecule has 19 heavy (non-hydrogen) atoms. The van der Waals surface area contributed by atoms with Crippen molar-refractivity contribution in [2.24, 2.45) is 5.73 Å². The molecule has 0 aliphatic carbocycles. The van der Waals surface area contributed by atoms with Crippen molar-refractivity contribution < 1.29 is 14.3 Å². The lowest BCUT2D eigenvalue weighted by Crippen LogP contribution is -2.31. The number of rotatable bonds is 7. The van der Waals surface area contributed by atoms with E-state index in [-0.39, 0.29) is 5.97 Å². The standard InChI is InChI=1S/C15H23NO3/c1-4-11-8-9-14(18-2)12(10-11)6-5-7-13(16)15(17)19-3/h8-10,13H,4-7,16H2,1-3H3. The molecule has 0 aliphatic rings. The van der Waals surface area contributed by atoms with Gasteiger partial charge in [-0.15, -0.1) is 0 Å². The van der Waals surface area contributed by atoms with E-state index in [2.05, 4.69) is 23.8 Å². The Morgan fingerprint density at radius 1 is 1.37 bits per heavy atom. The van der Waals surface area contributed by atoms with Crippen LogP contribution >= 0.6 is 0 Å². The van der Waals surface area contributed by atoms with Crippen LogP contribution in [0.1, 0.15) is 30.9 Å². The van der Waals surface area contributed by atoms with Gasteiger partial charge in [0.1, 0.15) is 11.8 Å². The van der Waals surface area contributed by atoms with E-state index in [0.717, 1.165) is 25.0 Å². The third-order valence-corrected chi connectivity index (χ3v) is 3.22. The van der Waals surface area contributed by atoms with Gasteiger partial charge in [0.25, 0.3) is 0 Å². The Bertz CT molecular complexity index is 418. The SMILES string of the molecule is CCc1ccc(OC)c(CCCC(N)C(=O)OC)c1. The van der Waals surface area contributed by atoms with Gasteiger partial charge >= 0.3 is 5.97 Å². The third kappa shape index (κ3) is 4.56. The fourth-order valence-corrected chi connectivity index (χ4v) is 2.03. The predicted molar refractivity (Wildman–Crippen MR) is 75.3 cm³/mol. The molecule has 0 saturated carbocycles. The number of carbonyl (C=O) groups excluding carboxylic acids is 1. The van der Waals surface area contributed by atoms with Crippen molar-refractivity contribution >= 4 is 5.97 Å². The highest BCUT2D eigenvalue weighted by Gasteiger charge is 2.13. The first-order chi connectivity index (χ1) is 9.12. The van der Waals surface area contributed by atoms with Crippen molar-refractivity contribution in [3.05, 3.63) is 29.3 Å². The maximum absolute atomic E-state index is 11.2. The second kappa shape index (κ2) is 7.79. The minimum atomic E-state index is -0.537. The van der Waals surface area contributed by atoms with Gasteiger partial charge in [-0.05, 0) is 42.9 Å². The molecule has 0 bridgehead atoms. The molecule has 0 fully saturated rings. The Balaban J connectivity index is 2.59. The first kappa shape index (κ1) is 15.5. The van der Waals surface area contributed by atoms with Crippen LogP contribution in [0.3, 0.4) is 0 Å². The molecule has 0 amide bonds. The summed E-state index contributed by atoms with van der Waals surface area (Å²) in [4.78, 5) is 11.2. The van der Waals surface area contributed by atoms with Crippen LogP contribution in [0.2, 0.25) is 0 Å². The molecule has 1 aromatic carbocycles. The molecule has 106 valence electrons. The summed E-state index contributed by atoms with van der Waals surface area (Å²) in [7, 11) is 3.03. The number of aryl methyl sites for hydroxylation is 2. The van der Waals surface area contributed by atoms with Gasteiger partial charge < -0.3 is 15.2 Å². The molecule has 1 aromatic rings. The molecular weight excluding hydrogens is 242 g/mol. The minimum absolute atomic E-state index is 0.353. The van der Waals surface area contributed by atoms with Crippen LogP contribution in [0.5, 0.6) is 5.75 Å². The second-order valence-electron chi connectivity index (χ2n) is 4.52. The van der Waals surface area contributed by atoms with E-state index in [4.69, 9.17) is 10.5 Å². The maximum Gasteiger partial charge on any atom is 0.322 e. The number of hydrogen-bond acceptors (Lipinski definition) is 4. The van der Waals surface area contributed by atoms with Crippen molar-refractivity contribution in [3.63, 3.8) is 0 Å². The van der Waals surface area contributed by atoms with Gasteiger partial charge in [0, 0.05) is 0 Å². The zero-order valence-corrected chi connectivity index (χ0v) is 11.9. The molecule has 4 heteroatoms. The Kier molecular flexibility index (Phi) is 6.36. The lowest BCUT2D eigenvalue weighted by Gasteiger charge is -2.12.